The third-order valence-electron chi connectivity index (χ3n) is 2.80. The molecule has 0 saturated carbocycles. The van der Waals surface area contributed by atoms with Gasteiger partial charge in [0.1, 0.15) is 6.54 Å². The van der Waals surface area contributed by atoms with Gasteiger partial charge in [-0.1, -0.05) is 5.21 Å². The summed E-state index contributed by atoms with van der Waals surface area (Å²) in [6.07, 6.45) is -0.326. The lowest BCUT2D eigenvalue weighted by atomic mass is 10.2. The van der Waals surface area contributed by atoms with E-state index in [2.05, 4.69) is 25.3 Å². The third-order valence-corrected chi connectivity index (χ3v) is 3.40. The highest BCUT2D eigenvalue weighted by Gasteiger charge is 2.19. The first-order valence-electron chi connectivity index (χ1n) is 6.47. The van der Waals surface area contributed by atoms with Crippen molar-refractivity contribution in [2.75, 3.05) is 16.3 Å². The van der Waals surface area contributed by atoms with E-state index in [9.17, 15) is 13.2 Å². The molecule has 3 N–H and O–H groups in total. The Morgan fingerprint density at radius 3 is 2.71 bits per heavy atom. The lowest BCUT2D eigenvalue weighted by Gasteiger charge is -2.09. The zero-order valence-electron chi connectivity index (χ0n) is 12.7. The molecule has 0 radical (unpaired) electrons. The number of aromatic nitrogens is 4. The lowest BCUT2D eigenvalue weighted by Crippen LogP contribution is -2.14. The molecule has 12 heteroatoms. The molecule has 2 aromatic rings. The number of nitriles is 1. The van der Waals surface area contributed by atoms with Crippen LogP contribution in [0.15, 0.2) is 12.1 Å². The summed E-state index contributed by atoms with van der Waals surface area (Å²) in [4.78, 5) is 15.1. The summed E-state index contributed by atoms with van der Waals surface area (Å²) >= 11 is 0. The number of anilines is 2. The molecule has 1 amide bonds. The number of aryl methyl sites for hydroxylation is 1. The van der Waals surface area contributed by atoms with Crippen LogP contribution in [-0.4, -0.2) is 45.9 Å². The average molecular weight is 351 g/mol. The van der Waals surface area contributed by atoms with Crippen molar-refractivity contribution in [3.8, 4) is 17.5 Å². The summed E-state index contributed by atoms with van der Waals surface area (Å²) in [5, 5.41) is 27.3. The summed E-state index contributed by atoms with van der Waals surface area (Å²) in [5.41, 5.74) is 1.06. The van der Waals surface area contributed by atoms with E-state index < -0.39 is 16.1 Å². The molecule has 24 heavy (non-hydrogen) atoms. The highest BCUT2D eigenvalue weighted by Crippen LogP contribution is 2.26. The van der Waals surface area contributed by atoms with Gasteiger partial charge < -0.3 is 5.11 Å². The molecule has 0 aliphatic carbocycles. The molecule has 2 rings (SSSR count). The van der Waals surface area contributed by atoms with Gasteiger partial charge in [0, 0.05) is 0 Å². The van der Waals surface area contributed by atoms with Gasteiger partial charge >= 0.3 is 6.09 Å². The number of hydrogen-bond donors (Lipinski definition) is 3. The van der Waals surface area contributed by atoms with Crippen LogP contribution in [0.2, 0.25) is 0 Å². The molecule has 2 aromatic heterocycles. The zero-order chi connectivity index (χ0) is 17.9. The first-order valence-corrected chi connectivity index (χ1v) is 8.36. The van der Waals surface area contributed by atoms with E-state index in [1.165, 1.54) is 12.1 Å². The largest absolute Gasteiger partial charge is 0.465 e. The van der Waals surface area contributed by atoms with E-state index in [4.69, 9.17) is 10.4 Å². The number of rotatable bonds is 5. The van der Waals surface area contributed by atoms with Crippen LogP contribution in [0.25, 0.3) is 11.4 Å². The molecule has 0 atom stereocenters. The van der Waals surface area contributed by atoms with Crippen LogP contribution in [0, 0.1) is 18.3 Å². The van der Waals surface area contributed by atoms with Gasteiger partial charge in [0.15, 0.2) is 11.5 Å². The zero-order valence-corrected chi connectivity index (χ0v) is 13.5. The fraction of sp³-hybridized carbons (Fsp3) is 0.250. The molecule has 0 aliphatic rings. The number of hydrogen-bond acceptors (Lipinski definition) is 7. The number of amides is 1. The number of nitrogens with zero attached hydrogens (tertiary/aromatic N) is 5. The highest BCUT2D eigenvalue weighted by molar-refractivity contribution is 7.92. The first-order chi connectivity index (χ1) is 11.2. The number of pyridine rings is 1. The quantitative estimate of drug-likeness (QED) is 0.706. The maximum atomic E-state index is 11.3. The Hall–Kier alpha value is -3.20. The SMILES string of the molecule is Cc1nc(-c2nnn(CC#N)c2NC(=O)O)ccc1NS(C)(=O)=O. The average Bonchev–Trinajstić information content (AvgIpc) is 2.82. The fourth-order valence-corrected chi connectivity index (χ4v) is 2.50. The monoisotopic (exact) mass is 351 g/mol. The predicted octanol–water partition coefficient (Wildman–Crippen LogP) is 0.633. The summed E-state index contributed by atoms with van der Waals surface area (Å²) in [6.45, 7) is 1.39. The Kier molecular flexibility index (Phi) is 4.65. The molecule has 126 valence electrons. The summed E-state index contributed by atoms with van der Waals surface area (Å²) in [6, 6.07) is 4.78. The molecule has 11 nitrogen and oxygen atoms in total. The molecule has 0 aromatic carbocycles. The van der Waals surface area contributed by atoms with Crippen molar-refractivity contribution >= 4 is 27.6 Å². The van der Waals surface area contributed by atoms with E-state index in [1.807, 2.05) is 6.07 Å². The van der Waals surface area contributed by atoms with Gasteiger partial charge in [-0.25, -0.2) is 22.9 Å². The van der Waals surface area contributed by atoms with Crippen molar-refractivity contribution in [1.82, 2.24) is 20.0 Å². The Morgan fingerprint density at radius 1 is 1.46 bits per heavy atom. The second-order valence-corrected chi connectivity index (χ2v) is 6.48. The maximum Gasteiger partial charge on any atom is 0.410 e. The minimum Gasteiger partial charge on any atom is -0.465 e. The minimum atomic E-state index is -3.45. The molecule has 0 fully saturated rings. The predicted molar refractivity (Wildman–Crippen MR) is 83.7 cm³/mol. The molecular formula is C12H13N7O4S. The smallest absolute Gasteiger partial charge is 0.410 e. The van der Waals surface area contributed by atoms with Gasteiger partial charge in [-0.05, 0) is 19.1 Å². The van der Waals surface area contributed by atoms with E-state index in [0.717, 1.165) is 10.9 Å². The maximum absolute atomic E-state index is 11.3. The van der Waals surface area contributed by atoms with E-state index in [1.54, 1.807) is 6.92 Å². The Labute approximate surface area is 137 Å². The number of carbonyl (C=O) groups is 1. The molecule has 2 heterocycles. The van der Waals surface area contributed by atoms with Crippen LogP contribution < -0.4 is 10.0 Å². The molecule has 0 saturated heterocycles. The van der Waals surface area contributed by atoms with E-state index in [0.29, 0.717) is 11.4 Å². The van der Waals surface area contributed by atoms with E-state index in [-0.39, 0.29) is 23.8 Å². The standard InChI is InChI=1S/C12H13N7O4S/c1-7-8(17-24(2,22)23)3-4-9(14-7)10-11(15-12(20)21)19(6-5-13)18-16-10/h3-4,15,17H,6H2,1-2H3,(H,20,21). The number of sulfonamides is 1. The second kappa shape index (κ2) is 6.50. The van der Waals surface area contributed by atoms with Gasteiger partial charge in [0.05, 0.1) is 29.4 Å². The van der Waals surface area contributed by atoms with Crippen molar-refractivity contribution < 1.29 is 18.3 Å². The summed E-state index contributed by atoms with van der Waals surface area (Å²) in [5.74, 6) is -0.000211. The number of carboxylic acid groups (broad SMARTS) is 1. The van der Waals surface area contributed by atoms with Gasteiger partial charge in [-0.3, -0.25) is 10.0 Å². The molecule has 0 aliphatic heterocycles. The summed E-state index contributed by atoms with van der Waals surface area (Å²) < 4.78 is 26.0. The van der Waals surface area contributed by atoms with Crippen LogP contribution in [0.4, 0.5) is 16.3 Å². The van der Waals surface area contributed by atoms with Crippen LogP contribution in [-0.2, 0) is 16.6 Å². The van der Waals surface area contributed by atoms with E-state index >= 15 is 0 Å². The molecule has 0 spiro atoms. The van der Waals surface area contributed by atoms with Gasteiger partial charge in [0.2, 0.25) is 10.0 Å². The molecule has 0 unspecified atom stereocenters. The van der Waals surface area contributed by atoms with Crippen LogP contribution in [0.3, 0.4) is 0 Å². The van der Waals surface area contributed by atoms with Gasteiger partial charge in [-0.15, -0.1) is 5.10 Å². The molecular weight excluding hydrogens is 338 g/mol. The molecule has 0 bridgehead atoms. The van der Waals surface area contributed by atoms with Crippen molar-refractivity contribution in [2.24, 2.45) is 0 Å². The van der Waals surface area contributed by atoms with Crippen molar-refractivity contribution in [3.05, 3.63) is 17.8 Å². The van der Waals surface area contributed by atoms with Crippen LogP contribution >= 0.6 is 0 Å². The van der Waals surface area contributed by atoms with Crippen molar-refractivity contribution in [3.63, 3.8) is 0 Å². The van der Waals surface area contributed by atoms with Crippen molar-refractivity contribution in [2.45, 2.75) is 13.5 Å². The Morgan fingerprint density at radius 2 is 2.17 bits per heavy atom. The lowest BCUT2D eigenvalue weighted by molar-refractivity contribution is 0.209. The normalized spacial score (nSPS) is 10.9. The summed E-state index contributed by atoms with van der Waals surface area (Å²) in [7, 11) is -3.45. The third kappa shape index (κ3) is 3.96. The highest BCUT2D eigenvalue weighted by atomic mass is 32.2. The van der Waals surface area contributed by atoms with Crippen LogP contribution in [0.1, 0.15) is 5.69 Å². The second-order valence-electron chi connectivity index (χ2n) is 4.74. The minimum absolute atomic E-state index is 0.000211. The first kappa shape index (κ1) is 17.2. The topological polar surface area (TPSA) is 163 Å². The van der Waals surface area contributed by atoms with Crippen LogP contribution in [0.5, 0.6) is 0 Å². The van der Waals surface area contributed by atoms with Crippen molar-refractivity contribution in [1.29, 1.82) is 5.26 Å². The van der Waals surface area contributed by atoms with Gasteiger partial charge in [0.25, 0.3) is 0 Å². The Balaban J connectivity index is 2.47. The van der Waals surface area contributed by atoms with Gasteiger partial charge in [-0.2, -0.15) is 5.26 Å². The fourth-order valence-electron chi connectivity index (χ4n) is 1.89. The number of nitrogens with one attached hydrogen (secondary N) is 2. The Bertz CT molecular complexity index is 929.